The van der Waals surface area contributed by atoms with E-state index in [0.717, 1.165) is 11.3 Å². The van der Waals surface area contributed by atoms with Gasteiger partial charge in [-0.25, -0.2) is 9.97 Å². The van der Waals surface area contributed by atoms with Gasteiger partial charge in [0.1, 0.15) is 0 Å². The number of ketones is 1. The van der Waals surface area contributed by atoms with E-state index in [9.17, 15) is 4.79 Å². The Morgan fingerprint density at radius 1 is 1.28 bits per heavy atom. The molecule has 0 aliphatic carbocycles. The molecular weight excluding hydrogens is 388 g/mol. The molecule has 148 valence electrons. The summed E-state index contributed by atoms with van der Waals surface area (Å²) in [6.45, 7) is 3.66. The summed E-state index contributed by atoms with van der Waals surface area (Å²) < 4.78 is 1.67. The highest BCUT2D eigenvalue weighted by atomic mass is 35.5. The molecule has 3 rings (SSSR count). The minimum absolute atomic E-state index is 0.00703. The summed E-state index contributed by atoms with van der Waals surface area (Å²) in [5, 5.41) is 16.7. The molecule has 0 fully saturated rings. The number of nitrogens with zero attached hydrogens (tertiary/aromatic N) is 5. The highest BCUT2D eigenvalue weighted by molar-refractivity contribution is 6.32. The summed E-state index contributed by atoms with van der Waals surface area (Å²) in [5.74, 6) is 0.406. The standard InChI is InChI=1S/C21H21ClN6O/c1-21(2,13-23)9-8-18(29)14-4-6-15(7-5-14)19-17(22)11-24-20(27-19)26-16-10-25-28(3)12-16/h4-7,10-12H,8-9H2,1-3H3,(H,24,26,27). The van der Waals surface area contributed by atoms with Gasteiger partial charge in [0.05, 0.1) is 40.3 Å². The van der Waals surface area contributed by atoms with E-state index in [0.29, 0.717) is 35.1 Å². The van der Waals surface area contributed by atoms with Crippen LogP contribution >= 0.6 is 11.6 Å². The number of carbonyl (C=O) groups excluding carboxylic acids is 1. The fourth-order valence-corrected chi connectivity index (χ4v) is 2.89. The number of Topliss-reactive ketones (excluding diaryl/α,β-unsaturated/α-hetero) is 1. The zero-order valence-corrected chi connectivity index (χ0v) is 17.2. The normalized spacial score (nSPS) is 11.1. The van der Waals surface area contributed by atoms with Gasteiger partial charge in [0.15, 0.2) is 5.78 Å². The fourth-order valence-electron chi connectivity index (χ4n) is 2.68. The van der Waals surface area contributed by atoms with Crippen molar-refractivity contribution >= 4 is 29.0 Å². The van der Waals surface area contributed by atoms with Gasteiger partial charge in [0.2, 0.25) is 5.95 Å². The average molecular weight is 409 g/mol. The number of halogens is 1. The summed E-state index contributed by atoms with van der Waals surface area (Å²) in [6, 6.07) is 9.34. The van der Waals surface area contributed by atoms with Crippen LogP contribution in [0, 0.1) is 16.7 Å². The van der Waals surface area contributed by atoms with E-state index in [1.807, 2.05) is 39.2 Å². The van der Waals surface area contributed by atoms with Gasteiger partial charge in [-0.2, -0.15) is 10.4 Å². The number of nitrogens with one attached hydrogen (secondary N) is 1. The molecule has 3 aromatic rings. The lowest BCUT2D eigenvalue weighted by Crippen LogP contribution is -2.11. The zero-order valence-electron chi connectivity index (χ0n) is 16.5. The van der Waals surface area contributed by atoms with Crippen molar-refractivity contribution in [3.05, 3.63) is 53.4 Å². The van der Waals surface area contributed by atoms with Crippen LogP contribution in [-0.2, 0) is 7.05 Å². The second-order valence-corrected chi connectivity index (χ2v) is 7.82. The summed E-state index contributed by atoms with van der Waals surface area (Å²) in [4.78, 5) is 21.1. The summed E-state index contributed by atoms with van der Waals surface area (Å²) in [7, 11) is 1.82. The van der Waals surface area contributed by atoms with E-state index < -0.39 is 5.41 Å². The lowest BCUT2D eigenvalue weighted by Gasteiger charge is -2.13. The predicted octanol–water partition coefficient (Wildman–Crippen LogP) is 4.79. The predicted molar refractivity (Wildman–Crippen MR) is 112 cm³/mol. The molecule has 29 heavy (non-hydrogen) atoms. The Labute approximate surface area is 174 Å². The van der Waals surface area contributed by atoms with Gasteiger partial charge >= 0.3 is 0 Å². The van der Waals surface area contributed by atoms with Crippen molar-refractivity contribution in [2.45, 2.75) is 26.7 Å². The number of nitriles is 1. The Hall–Kier alpha value is -3.24. The molecule has 0 amide bonds. The Balaban J connectivity index is 1.76. The molecule has 0 unspecified atom stereocenters. The Bertz CT molecular complexity index is 1070. The molecule has 7 nitrogen and oxygen atoms in total. The van der Waals surface area contributed by atoms with Crippen LogP contribution in [0.25, 0.3) is 11.3 Å². The molecule has 0 spiro atoms. The van der Waals surface area contributed by atoms with Crippen molar-refractivity contribution in [2.24, 2.45) is 12.5 Å². The second-order valence-electron chi connectivity index (χ2n) is 7.41. The molecule has 0 atom stereocenters. The lowest BCUT2D eigenvalue weighted by molar-refractivity contribution is 0.0970. The monoisotopic (exact) mass is 408 g/mol. The van der Waals surface area contributed by atoms with E-state index in [2.05, 4.69) is 26.5 Å². The van der Waals surface area contributed by atoms with Crippen molar-refractivity contribution in [1.29, 1.82) is 5.26 Å². The van der Waals surface area contributed by atoms with Crippen LogP contribution in [-0.4, -0.2) is 25.5 Å². The van der Waals surface area contributed by atoms with Crippen molar-refractivity contribution in [3.63, 3.8) is 0 Å². The van der Waals surface area contributed by atoms with E-state index in [1.165, 1.54) is 6.20 Å². The number of anilines is 2. The van der Waals surface area contributed by atoms with Crippen LogP contribution in [0.2, 0.25) is 5.02 Å². The van der Waals surface area contributed by atoms with Crippen LogP contribution in [0.15, 0.2) is 42.9 Å². The van der Waals surface area contributed by atoms with Gasteiger partial charge in [-0.15, -0.1) is 0 Å². The minimum Gasteiger partial charge on any atom is -0.321 e. The van der Waals surface area contributed by atoms with Gasteiger partial charge in [-0.05, 0) is 20.3 Å². The van der Waals surface area contributed by atoms with Crippen LogP contribution in [0.5, 0.6) is 0 Å². The fraction of sp³-hybridized carbons (Fsp3) is 0.286. The molecule has 2 heterocycles. The molecule has 0 bridgehead atoms. The third kappa shape index (κ3) is 5.18. The number of aromatic nitrogens is 4. The van der Waals surface area contributed by atoms with Crippen molar-refractivity contribution < 1.29 is 4.79 Å². The average Bonchev–Trinajstić information content (AvgIpc) is 3.12. The lowest BCUT2D eigenvalue weighted by atomic mass is 9.88. The van der Waals surface area contributed by atoms with Crippen LogP contribution in [0.4, 0.5) is 11.6 Å². The van der Waals surface area contributed by atoms with E-state index >= 15 is 0 Å². The number of carbonyl (C=O) groups is 1. The molecule has 2 aromatic heterocycles. The molecule has 0 saturated heterocycles. The Kier molecular flexibility index (Phi) is 5.95. The molecule has 0 aliphatic rings. The van der Waals surface area contributed by atoms with Gasteiger partial charge < -0.3 is 5.32 Å². The molecule has 1 N–H and O–H groups in total. The maximum Gasteiger partial charge on any atom is 0.227 e. The topological polar surface area (TPSA) is 96.5 Å². The smallest absolute Gasteiger partial charge is 0.227 e. The molecule has 0 saturated carbocycles. The van der Waals surface area contributed by atoms with E-state index in [-0.39, 0.29) is 5.78 Å². The van der Waals surface area contributed by atoms with E-state index in [1.54, 1.807) is 23.0 Å². The van der Waals surface area contributed by atoms with Crippen LogP contribution in [0.3, 0.4) is 0 Å². The quantitative estimate of drug-likeness (QED) is 0.564. The summed E-state index contributed by atoms with van der Waals surface area (Å²) in [5.41, 5.74) is 2.20. The molecule has 0 aliphatic heterocycles. The molecule has 1 aromatic carbocycles. The summed E-state index contributed by atoms with van der Waals surface area (Å²) in [6.07, 6.45) is 5.86. The molecular formula is C21H21ClN6O. The SMILES string of the molecule is Cn1cc(Nc2ncc(Cl)c(-c3ccc(C(=O)CCC(C)(C)C#N)cc3)n2)cn1. The van der Waals surface area contributed by atoms with Gasteiger partial charge in [0.25, 0.3) is 0 Å². The maximum atomic E-state index is 12.4. The molecule has 0 radical (unpaired) electrons. The number of hydrogen-bond acceptors (Lipinski definition) is 6. The minimum atomic E-state index is -0.512. The maximum absolute atomic E-state index is 12.4. The summed E-state index contributed by atoms with van der Waals surface area (Å²) >= 11 is 6.29. The first-order valence-electron chi connectivity index (χ1n) is 9.10. The van der Waals surface area contributed by atoms with Gasteiger partial charge in [-0.1, -0.05) is 35.9 Å². The number of hydrogen-bond donors (Lipinski definition) is 1. The number of benzene rings is 1. The van der Waals surface area contributed by atoms with Crippen LogP contribution < -0.4 is 5.32 Å². The van der Waals surface area contributed by atoms with Crippen molar-refractivity contribution in [2.75, 3.05) is 5.32 Å². The first kappa shape index (κ1) is 20.5. The highest BCUT2D eigenvalue weighted by Gasteiger charge is 2.19. The van der Waals surface area contributed by atoms with Crippen molar-refractivity contribution in [3.8, 4) is 17.3 Å². The van der Waals surface area contributed by atoms with Crippen LogP contribution in [0.1, 0.15) is 37.0 Å². The zero-order chi connectivity index (χ0) is 21.0. The second kappa shape index (κ2) is 8.41. The highest BCUT2D eigenvalue weighted by Crippen LogP contribution is 2.28. The van der Waals surface area contributed by atoms with Crippen molar-refractivity contribution in [1.82, 2.24) is 19.7 Å². The van der Waals surface area contributed by atoms with Gasteiger partial charge in [0, 0.05) is 30.8 Å². The van der Waals surface area contributed by atoms with Gasteiger partial charge in [-0.3, -0.25) is 9.48 Å². The first-order valence-corrected chi connectivity index (χ1v) is 9.48. The number of aryl methyl sites for hydroxylation is 1. The Morgan fingerprint density at radius 2 is 2.00 bits per heavy atom. The molecule has 8 heteroatoms. The first-order chi connectivity index (χ1) is 13.8. The number of rotatable bonds is 7. The third-order valence-corrected chi connectivity index (χ3v) is 4.74. The van der Waals surface area contributed by atoms with E-state index in [4.69, 9.17) is 16.9 Å². The third-order valence-electron chi connectivity index (χ3n) is 4.47. The largest absolute Gasteiger partial charge is 0.321 e. The Morgan fingerprint density at radius 3 is 2.62 bits per heavy atom.